The van der Waals surface area contributed by atoms with Crippen LogP contribution in [-0.4, -0.2) is 17.5 Å². The van der Waals surface area contributed by atoms with Crippen molar-refractivity contribution in [1.82, 2.24) is 0 Å². The number of nitrogens with zero attached hydrogens (tertiary/aromatic N) is 2. The van der Waals surface area contributed by atoms with Crippen LogP contribution in [0.3, 0.4) is 0 Å². The van der Waals surface area contributed by atoms with Gasteiger partial charge in [-0.2, -0.15) is 0 Å². The molecule has 0 unspecified atom stereocenters. The van der Waals surface area contributed by atoms with Crippen molar-refractivity contribution in [3.8, 4) is 0 Å². The van der Waals surface area contributed by atoms with Crippen LogP contribution in [0.2, 0.25) is 0 Å². The first kappa shape index (κ1) is 10.7. The molecule has 2 rings (SSSR count). The first-order valence-electron chi connectivity index (χ1n) is 5.44. The van der Waals surface area contributed by atoms with E-state index in [2.05, 4.69) is 11.8 Å². The Balaban J connectivity index is 2.28. The summed E-state index contributed by atoms with van der Waals surface area (Å²) in [4.78, 5) is 12.4. The van der Waals surface area contributed by atoms with Crippen molar-refractivity contribution in [1.29, 1.82) is 0 Å². The van der Waals surface area contributed by atoms with E-state index in [1.165, 1.54) is 18.9 Å². The van der Waals surface area contributed by atoms with E-state index in [9.17, 15) is 10.1 Å². The van der Waals surface area contributed by atoms with Crippen molar-refractivity contribution in [2.45, 2.75) is 25.8 Å². The molecule has 0 atom stereocenters. The molecule has 0 bridgehead atoms. The second-order valence-electron chi connectivity index (χ2n) is 4.02. The summed E-state index contributed by atoms with van der Waals surface area (Å²) in [6, 6.07) is 5.54. The third-order valence-corrected chi connectivity index (χ3v) is 2.87. The molecule has 0 aliphatic heterocycles. The summed E-state index contributed by atoms with van der Waals surface area (Å²) >= 11 is 0. The lowest BCUT2D eigenvalue weighted by atomic mass is 10.2. The molecular weight excluding hydrogens is 206 g/mol. The highest BCUT2D eigenvalue weighted by atomic mass is 16.6. The average molecular weight is 221 g/mol. The van der Waals surface area contributed by atoms with Gasteiger partial charge in [-0.3, -0.25) is 10.1 Å². The molecule has 1 saturated carbocycles. The van der Waals surface area contributed by atoms with Gasteiger partial charge in [0.1, 0.15) is 5.69 Å². The van der Waals surface area contributed by atoms with Crippen molar-refractivity contribution >= 4 is 17.1 Å². The normalized spacial score (nSPS) is 14.8. The molecule has 5 nitrogen and oxygen atoms in total. The molecule has 0 radical (unpaired) electrons. The second-order valence-corrected chi connectivity index (χ2v) is 4.02. The van der Waals surface area contributed by atoms with Crippen molar-refractivity contribution in [2.24, 2.45) is 0 Å². The zero-order valence-corrected chi connectivity index (χ0v) is 9.22. The lowest BCUT2D eigenvalue weighted by Crippen LogP contribution is -2.25. The lowest BCUT2D eigenvalue weighted by molar-refractivity contribution is -0.383. The number of anilines is 2. The number of nitro groups is 1. The standard InChI is InChI=1S/C11H15N3O2/c1-2-13(8-3-4-8)9-5-6-11(14(15)16)10(12)7-9/h5-8H,2-4,12H2,1H3. The van der Waals surface area contributed by atoms with Crippen LogP contribution in [0.4, 0.5) is 17.1 Å². The fourth-order valence-electron chi connectivity index (χ4n) is 1.92. The molecule has 16 heavy (non-hydrogen) atoms. The number of hydrogen-bond acceptors (Lipinski definition) is 4. The van der Waals surface area contributed by atoms with Crippen LogP contribution in [0.15, 0.2) is 18.2 Å². The largest absolute Gasteiger partial charge is 0.393 e. The average Bonchev–Trinajstić information content (AvgIpc) is 3.02. The Bertz CT molecular complexity index is 416. The fourth-order valence-corrected chi connectivity index (χ4v) is 1.92. The number of nitrogen functional groups attached to an aromatic ring is 1. The SMILES string of the molecule is CCN(c1ccc([N+](=O)[O-])c(N)c1)C1CC1. The summed E-state index contributed by atoms with van der Waals surface area (Å²) in [5.41, 5.74) is 6.87. The van der Waals surface area contributed by atoms with Crippen LogP contribution >= 0.6 is 0 Å². The Hall–Kier alpha value is -1.78. The quantitative estimate of drug-likeness (QED) is 0.480. The van der Waals surface area contributed by atoms with E-state index in [1.54, 1.807) is 12.1 Å². The van der Waals surface area contributed by atoms with Crippen molar-refractivity contribution < 1.29 is 4.92 Å². The van der Waals surface area contributed by atoms with Gasteiger partial charge >= 0.3 is 0 Å². The number of nitrogens with two attached hydrogens (primary N) is 1. The van der Waals surface area contributed by atoms with E-state index in [-0.39, 0.29) is 11.4 Å². The summed E-state index contributed by atoms with van der Waals surface area (Å²) in [7, 11) is 0. The first-order valence-corrected chi connectivity index (χ1v) is 5.44. The summed E-state index contributed by atoms with van der Waals surface area (Å²) in [6.07, 6.45) is 2.40. The molecule has 0 spiro atoms. The maximum absolute atomic E-state index is 10.6. The van der Waals surface area contributed by atoms with E-state index in [0.29, 0.717) is 6.04 Å². The smallest absolute Gasteiger partial charge is 0.292 e. The Labute approximate surface area is 94.0 Å². The molecule has 86 valence electrons. The van der Waals surface area contributed by atoms with Gasteiger partial charge in [0.2, 0.25) is 0 Å². The number of hydrogen-bond donors (Lipinski definition) is 1. The Morgan fingerprint density at radius 3 is 2.69 bits per heavy atom. The molecule has 0 amide bonds. The Kier molecular flexibility index (Phi) is 2.68. The molecule has 1 aliphatic rings. The first-order chi connectivity index (χ1) is 7.63. The highest BCUT2D eigenvalue weighted by Crippen LogP contribution is 2.34. The highest BCUT2D eigenvalue weighted by Gasteiger charge is 2.28. The Morgan fingerprint density at radius 1 is 1.56 bits per heavy atom. The minimum atomic E-state index is -0.452. The number of benzene rings is 1. The van der Waals surface area contributed by atoms with Crippen LogP contribution in [0.5, 0.6) is 0 Å². The number of nitro benzene ring substituents is 1. The van der Waals surface area contributed by atoms with Gasteiger partial charge in [0.05, 0.1) is 4.92 Å². The maximum atomic E-state index is 10.6. The third-order valence-electron chi connectivity index (χ3n) is 2.87. The third kappa shape index (κ3) is 1.93. The van der Waals surface area contributed by atoms with Gasteiger partial charge in [0.25, 0.3) is 5.69 Å². The fraction of sp³-hybridized carbons (Fsp3) is 0.455. The van der Waals surface area contributed by atoms with Gasteiger partial charge in [0, 0.05) is 24.3 Å². The van der Waals surface area contributed by atoms with Crippen molar-refractivity contribution in [2.75, 3.05) is 17.2 Å². The molecule has 1 aromatic carbocycles. The second kappa shape index (κ2) is 4.00. The Morgan fingerprint density at radius 2 is 2.25 bits per heavy atom. The van der Waals surface area contributed by atoms with Crippen LogP contribution in [0.1, 0.15) is 19.8 Å². The topological polar surface area (TPSA) is 72.4 Å². The summed E-state index contributed by atoms with van der Waals surface area (Å²) in [6.45, 7) is 2.98. The zero-order chi connectivity index (χ0) is 11.7. The van der Waals surface area contributed by atoms with Gasteiger partial charge < -0.3 is 10.6 Å². The predicted octanol–water partition coefficient (Wildman–Crippen LogP) is 2.17. The van der Waals surface area contributed by atoms with Crippen LogP contribution in [-0.2, 0) is 0 Å². The summed E-state index contributed by atoms with van der Waals surface area (Å²) < 4.78 is 0. The summed E-state index contributed by atoms with van der Waals surface area (Å²) in [5, 5.41) is 10.6. The zero-order valence-electron chi connectivity index (χ0n) is 9.22. The van der Waals surface area contributed by atoms with Crippen LogP contribution in [0.25, 0.3) is 0 Å². The van der Waals surface area contributed by atoms with E-state index >= 15 is 0 Å². The van der Waals surface area contributed by atoms with E-state index in [4.69, 9.17) is 5.73 Å². The molecule has 0 aromatic heterocycles. The molecule has 2 N–H and O–H groups in total. The van der Waals surface area contributed by atoms with Gasteiger partial charge in [-0.05, 0) is 31.9 Å². The van der Waals surface area contributed by atoms with Gasteiger partial charge in [-0.1, -0.05) is 0 Å². The van der Waals surface area contributed by atoms with Crippen LogP contribution in [0, 0.1) is 10.1 Å². The predicted molar refractivity (Wildman–Crippen MR) is 63.6 cm³/mol. The van der Waals surface area contributed by atoms with Crippen molar-refractivity contribution in [3.05, 3.63) is 28.3 Å². The maximum Gasteiger partial charge on any atom is 0.292 e. The highest BCUT2D eigenvalue weighted by molar-refractivity contribution is 5.67. The number of rotatable bonds is 4. The van der Waals surface area contributed by atoms with E-state index in [0.717, 1.165) is 12.2 Å². The monoisotopic (exact) mass is 221 g/mol. The minimum absolute atomic E-state index is 0.0180. The molecule has 0 saturated heterocycles. The minimum Gasteiger partial charge on any atom is -0.393 e. The molecule has 5 heteroatoms. The molecule has 1 fully saturated rings. The van der Waals surface area contributed by atoms with E-state index < -0.39 is 4.92 Å². The van der Waals surface area contributed by atoms with Crippen LogP contribution < -0.4 is 10.6 Å². The lowest BCUT2D eigenvalue weighted by Gasteiger charge is -2.22. The molecule has 1 aromatic rings. The molecule has 1 aliphatic carbocycles. The van der Waals surface area contributed by atoms with Gasteiger partial charge in [-0.25, -0.2) is 0 Å². The van der Waals surface area contributed by atoms with E-state index in [1.807, 2.05) is 0 Å². The van der Waals surface area contributed by atoms with Crippen molar-refractivity contribution in [3.63, 3.8) is 0 Å². The van der Waals surface area contributed by atoms with Gasteiger partial charge in [-0.15, -0.1) is 0 Å². The van der Waals surface area contributed by atoms with Gasteiger partial charge in [0.15, 0.2) is 0 Å². The molecule has 0 heterocycles. The summed E-state index contributed by atoms with van der Waals surface area (Å²) in [5.74, 6) is 0. The molecular formula is C11H15N3O2.